The number of halogens is 2. The van der Waals surface area contributed by atoms with Crippen molar-refractivity contribution in [3.63, 3.8) is 0 Å². The molecular weight excluding hydrogens is 506 g/mol. The zero-order valence-corrected chi connectivity index (χ0v) is 21.5. The van der Waals surface area contributed by atoms with Crippen LogP contribution in [-0.4, -0.2) is 39.2 Å². The molecule has 3 aromatic carbocycles. The van der Waals surface area contributed by atoms with Gasteiger partial charge in [-0.3, -0.25) is 10.1 Å². The molecule has 4 aromatic rings. The van der Waals surface area contributed by atoms with Crippen molar-refractivity contribution in [2.24, 2.45) is 0 Å². The lowest BCUT2D eigenvalue weighted by Gasteiger charge is -2.19. The van der Waals surface area contributed by atoms with Crippen molar-refractivity contribution in [2.75, 3.05) is 22.6 Å². The Balaban J connectivity index is 1.63. The first kappa shape index (κ1) is 27.2. The third-order valence-electron chi connectivity index (χ3n) is 6.03. The van der Waals surface area contributed by atoms with E-state index in [1.807, 2.05) is 6.07 Å². The van der Waals surface area contributed by atoms with Gasteiger partial charge in [-0.1, -0.05) is 0 Å². The Bertz CT molecular complexity index is 1590. The summed E-state index contributed by atoms with van der Waals surface area (Å²) in [5.74, 6) is -1.42. The van der Waals surface area contributed by atoms with Gasteiger partial charge in [-0.2, -0.15) is 5.26 Å². The van der Waals surface area contributed by atoms with Gasteiger partial charge in [0.1, 0.15) is 11.6 Å². The van der Waals surface area contributed by atoms with Crippen molar-refractivity contribution in [3.05, 3.63) is 83.4 Å². The SMILES string of the molecule is CN(C(=O)c1ccc(F)cc1)c1ccc2c(c1)nc(NC(=O)Nc1ccc(C#N)cc1F)n2CCC(C)(C)O. The number of carbonyl (C=O) groups is 2. The first-order chi connectivity index (χ1) is 18.4. The molecule has 200 valence electrons. The molecule has 1 heterocycles. The summed E-state index contributed by atoms with van der Waals surface area (Å²) >= 11 is 0. The standard InChI is InChI=1S/C28H26F2N6O3/c1-28(2,39)12-13-36-24-11-9-20(35(3)25(37)18-5-7-19(29)8-6-18)15-23(24)32-26(36)34-27(38)33-22-10-4-17(16-31)14-21(22)30/h4-11,14-15,39H,12-13H2,1-3H3,(H2,32,33,34,38). The van der Waals surface area contributed by atoms with Crippen LogP contribution in [0.15, 0.2) is 60.7 Å². The third kappa shape index (κ3) is 6.37. The zero-order chi connectivity index (χ0) is 28.3. The number of urea groups is 1. The molecule has 0 atom stereocenters. The van der Waals surface area contributed by atoms with E-state index in [-0.39, 0.29) is 23.1 Å². The number of hydrogen-bond acceptors (Lipinski definition) is 5. The Hall–Kier alpha value is -4.82. The Kier molecular flexibility index (Phi) is 7.60. The summed E-state index contributed by atoms with van der Waals surface area (Å²) in [7, 11) is 1.58. The van der Waals surface area contributed by atoms with Crippen molar-refractivity contribution >= 4 is 40.3 Å². The Morgan fingerprint density at radius 1 is 1.08 bits per heavy atom. The van der Waals surface area contributed by atoms with E-state index < -0.39 is 23.3 Å². The second-order valence-electron chi connectivity index (χ2n) is 9.58. The largest absolute Gasteiger partial charge is 0.390 e. The van der Waals surface area contributed by atoms with Crippen molar-refractivity contribution in [1.82, 2.24) is 9.55 Å². The number of amides is 3. The van der Waals surface area contributed by atoms with Gasteiger partial charge in [-0.25, -0.2) is 18.6 Å². The van der Waals surface area contributed by atoms with Crippen LogP contribution in [0.4, 0.5) is 30.9 Å². The van der Waals surface area contributed by atoms with Crippen molar-refractivity contribution in [2.45, 2.75) is 32.4 Å². The minimum Gasteiger partial charge on any atom is -0.390 e. The number of anilines is 3. The summed E-state index contributed by atoms with van der Waals surface area (Å²) in [6.07, 6.45) is 0.337. The molecule has 0 spiro atoms. The molecular formula is C28H26F2N6O3. The Morgan fingerprint density at radius 3 is 2.44 bits per heavy atom. The number of aromatic nitrogens is 2. The highest BCUT2D eigenvalue weighted by Crippen LogP contribution is 2.27. The minimum atomic E-state index is -0.997. The van der Waals surface area contributed by atoms with Gasteiger partial charge in [0.05, 0.1) is 34.0 Å². The van der Waals surface area contributed by atoms with Crippen molar-refractivity contribution < 1.29 is 23.5 Å². The molecule has 0 aliphatic carbocycles. The maximum absolute atomic E-state index is 14.3. The van der Waals surface area contributed by atoms with Gasteiger partial charge in [-0.15, -0.1) is 0 Å². The van der Waals surface area contributed by atoms with Crippen LogP contribution in [0.1, 0.15) is 36.2 Å². The van der Waals surface area contributed by atoms with Crippen LogP contribution < -0.4 is 15.5 Å². The fourth-order valence-corrected chi connectivity index (χ4v) is 3.88. The van der Waals surface area contributed by atoms with Crippen LogP contribution in [0, 0.1) is 23.0 Å². The lowest BCUT2D eigenvalue weighted by atomic mass is 10.1. The first-order valence-electron chi connectivity index (χ1n) is 12.0. The highest BCUT2D eigenvalue weighted by Gasteiger charge is 2.20. The number of nitrogens with one attached hydrogen (secondary N) is 2. The number of rotatable bonds is 7. The normalized spacial score (nSPS) is 11.2. The number of aliphatic hydroxyl groups is 1. The van der Waals surface area contributed by atoms with E-state index in [0.717, 1.165) is 6.07 Å². The second kappa shape index (κ2) is 10.9. The quantitative estimate of drug-likeness (QED) is 0.299. The zero-order valence-electron chi connectivity index (χ0n) is 21.5. The lowest BCUT2D eigenvalue weighted by Crippen LogP contribution is -2.26. The number of carbonyl (C=O) groups excluding carboxylic acids is 2. The Morgan fingerprint density at radius 2 is 1.79 bits per heavy atom. The van der Waals surface area contributed by atoms with Crippen LogP contribution in [-0.2, 0) is 6.54 Å². The lowest BCUT2D eigenvalue weighted by molar-refractivity contribution is 0.0667. The van der Waals surface area contributed by atoms with Gasteiger partial charge in [0.25, 0.3) is 5.91 Å². The number of imidazole rings is 1. The van der Waals surface area contributed by atoms with Gasteiger partial charge in [0, 0.05) is 24.8 Å². The Labute approximate surface area is 223 Å². The fourth-order valence-electron chi connectivity index (χ4n) is 3.88. The molecule has 3 amide bonds. The predicted octanol–water partition coefficient (Wildman–Crippen LogP) is 5.27. The molecule has 9 nitrogen and oxygen atoms in total. The highest BCUT2D eigenvalue weighted by molar-refractivity contribution is 6.06. The van der Waals surface area contributed by atoms with Gasteiger partial charge >= 0.3 is 6.03 Å². The number of nitriles is 1. The first-order valence-corrected chi connectivity index (χ1v) is 12.0. The van der Waals surface area contributed by atoms with Crippen molar-refractivity contribution in [3.8, 4) is 6.07 Å². The predicted molar refractivity (Wildman–Crippen MR) is 144 cm³/mol. The van der Waals surface area contributed by atoms with Gasteiger partial charge in [0.15, 0.2) is 0 Å². The topological polar surface area (TPSA) is 123 Å². The smallest absolute Gasteiger partial charge is 0.326 e. The van der Waals surface area contributed by atoms with Crippen LogP contribution in [0.3, 0.4) is 0 Å². The van der Waals surface area contributed by atoms with E-state index in [4.69, 9.17) is 5.26 Å². The molecule has 3 N–H and O–H groups in total. The number of fused-ring (bicyclic) bond motifs is 1. The molecule has 0 saturated carbocycles. The van der Waals surface area contributed by atoms with E-state index >= 15 is 0 Å². The maximum Gasteiger partial charge on any atom is 0.326 e. The molecule has 0 fully saturated rings. The summed E-state index contributed by atoms with van der Waals surface area (Å²) in [4.78, 5) is 31.5. The van der Waals surface area contributed by atoms with Crippen LogP contribution in [0.25, 0.3) is 11.0 Å². The molecule has 0 aliphatic heterocycles. The molecule has 39 heavy (non-hydrogen) atoms. The van der Waals surface area contributed by atoms with Crippen molar-refractivity contribution in [1.29, 1.82) is 5.26 Å². The average Bonchev–Trinajstić information content (AvgIpc) is 3.23. The molecule has 0 aliphatic rings. The van der Waals surface area contributed by atoms with Crippen LogP contribution >= 0.6 is 0 Å². The minimum absolute atomic E-state index is 0.116. The monoisotopic (exact) mass is 532 g/mol. The number of aryl methyl sites for hydroxylation is 1. The summed E-state index contributed by atoms with van der Waals surface area (Å²) in [5, 5.41) is 24.2. The molecule has 1 aromatic heterocycles. The number of hydrogen-bond donors (Lipinski definition) is 3. The van der Waals surface area contributed by atoms with Gasteiger partial charge < -0.3 is 19.9 Å². The van der Waals surface area contributed by atoms with Gasteiger partial charge in [-0.05, 0) is 80.9 Å². The summed E-state index contributed by atoms with van der Waals surface area (Å²) in [6.45, 7) is 3.62. The van der Waals surface area contributed by atoms with E-state index in [1.54, 1.807) is 43.7 Å². The fraction of sp³-hybridized carbons (Fsp3) is 0.214. The van der Waals surface area contributed by atoms with E-state index in [2.05, 4.69) is 15.6 Å². The third-order valence-corrected chi connectivity index (χ3v) is 6.03. The number of benzene rings is 3. The summed E-state index contributed by atoms with van der Waals surface area (Å²) in [5.41, 5.74) is 0.916. The summed E-state index contributed by atoms with van der Waals surface area (Å²) in [6, 6.07) is 15.1. The summed E-state index contributed by atoms with van der Waals surface area (Å²) < 4.78 is 29.2. The van der Waals surface area contributed by atoms with E-state index in [9.17, 15) is 23.5 Å². The average molecular weight is 533 g/mol. The molecule has 11 heteroatoms. The molecule has 0 unspecified atom stereocenters. The van der Waals surface area contributed by atoms with E-state index in [1.165, 1.54) is 41.3 Å². The molecule has 0 saturated heterocycles. The molecule has 0 radical (unpaired) electrons. The molecule has 0 bridgehead atoms. The molecule has 4 rings (SSSR count). The second-order valence-corrected chi connectivity index (χ2v) is 9.58. The number of nitrogens with zero attached hydrogens (tertiary/aromatic N) is 4. The highest BCUT2D eigenvalue weighted by atomic mass is 19.1. The van der Waals surface area contributed by atoms with Crippen LogP contribution in [0.2, 0.25) is 0 Å². The van der Waals surface area contributed by atoms with Gasteiger partial charge in [0.2, 0.25) is 5.95 Å². The van der Waals surface area contributed by atoms with Crippen LogP contribution in [0.5, 0.6) is 0 Å². The maximum atomic E-state index is 14.3. The van der Waals surface area contributed by atoms with E-state index in [0.29, 0.717) is 35.2 Å².